The predicted octanol–water partition coefficient (Wildman–Crippen LogP) is -0.252. The third kappa shape index (κ3) is 8.46. The number of amides is 3. The molecule has 0 fully saturated rings. The summed E-state index contributed by atoms with van der Waals surface area (Å²) in [6, 6.07) is -0.773. The first-order chi connectivity index (χ1) is 8.94. The van der Waals surface area contributed by atoms with Crippen molar-refractivity contribution < 1.29 is 27.9 Å². The Morgan fingerprint density at radius 3 is 2.20 bits per heavy atom. The lowest BCUT2D eigenvalue weighted by Crippen LogP contribution is -2.42. The molecule has 0 saturated heterocycles. The number of urea groups is 1. The van der Waals surface area contributed by atoms with E-state index >= 15 is 0 Å². The first-order valence-corrected chi connectivity index (χ1v) is 7.99. The molecule has 0 aromatic carbocycles. The van der Waals surface area contributed by atoms with Gasteiger partial charge in [0.25, 0.3) is 0 Å². The van der Waals surface area contributed by atoms with Crippen molar-refractivity contribution in [2.75, 3.05) is 18.6 Å². The molecule has 0 saturated carbocycles. The second-order valence-corrected chi connectivity index (χ2v) is 7.41. The van der Waals surface area contributed by atoms with Crippen LogP contribution in [0.25, 0.3) is 0 Å². The Bertz CT molecular complexity index is 483. The van der Waals surface area contributed by atoms with Crippen LogP contribution < -0.4 is 10.6 Å². The summed E-state index contributed by atoms with van der Waals surface area (Å²) < 4.78 is 21.7. The van der Waals surface area contributed by atoms with Crippen molar-refractivity contribution in [2.45, 2.75) is 26.7 Å². The van der Waals surface area contributed by atoms with Gasteiger partial charge in [0.2, 0.25) is 5.91 Å². The topological polar surface area (TPSA) is 130 Å². The van der Waals surface area contributed by atoms with Crippen molar-refractivity contribution in [3.63, 3.8) is 0 Å². The van der Waals surface area contributed by atoms with Crippen LogP contribution in [0.2, 0.25) is 0 Å². The molecule has 0 aromatic heterocycles. The van der Waals surface area contributed by atoms with E-state index in [1.807, 2.05) is 5.32 Å². The minimum atomic E-state index is -3.08. The number of rotatable bonds is 7. The molecular weight excluding hydrogens is 288 g/mol. The average molecular weight is 308 g/mol. The van der Waals surface area contributed by atoms with E-state index in [1.54, 1.807) is 0 Å². The van der Waals surface area contributed by atoms with Crippen molar-refractivity contribution >= 4 is 27.7 Å². The molecule has 0 aliphatic heterocycles. The summed E-state index contributed by atoms with van der Waals surface area (Å²) in [5, 5.41) is 13.1. The lowest BCUT2D eigenvalue weighted by atomic mass is 9.89. The van der Waals surface area contributed by atoms with Crippen LogP contribution in [0.1, 0.15) is 26.7 Å². The van der Waals surface area contributed by atoms with Crippen LogP contribution >= 0.6 is 0 Å². The Labute approximate surface area is 117 Å². The van der Waals surface area contributed by atoms with E-state index < -0.39 is 33.2 Å². The number of nitrogens with one attached hydrogen (secondary N) is 2. The molecule has 0 heterocycles. The molecule has 0 radical (unpaired) electrons. The molecule has 3 amide bonds. The number of carbonyl (C=O) groups is 3. The van der Waals surface area contributed by atoms with Crippen LogP contribution in [0, 0.1) is 5.41 Å². The highest BCUT2D eigenvalue weighted by Crippen LogP contribution is 2.19. The maximum absolute atomic E-state index is 11.4. The summed E-state index contributed by atoms with van der Waals surface area (Å²) in [6.45, 7) is 2.85. The van der Waals surface area contributed by atoms with Crippen LogP contribution in [-0.2, 0) is 19.4 Å². The van der Waals surface area contributed by atoms with Gasteiger partial charge in [0.05, 0.1) is 11.2 Å². The van der Waals surface area contributed by atoms with Gasteiger partial charge >= 0.3 is 12.0 Å². The van der Waals surface area contributed by atoms with Crippen molar-refractivity contribution in [2.24, 2.45) is 5.41 Å². The number of imide groups is 1. The smallest absolute Gasteiger partial charge is 0.321 e. The molecule has 116 valence electrons. The standard InChI is InChI=1S/C11H20N2O6S/c1-11(2,9(15)16)7-8(14)13-10(17)12-5-4-6-20(3,18)19/h4-7H2,1-3H3,(H,15,16)(H2,12,13,14,17). The van der Waals surface area contributed by atoms with Crippen LogP contribution in [0.4, 0.5) is 4.79 Å². The third-order valence-corrected chi connectivity index (χ3v) is 3.44. The molecule has 0 bridgehead atoms. The van der Waals surface area contributed by atoms with Gasteiger partial charge in [0.1, 0.15) is 9.84 Å². The molecule has 0 atom stereocenters. The van der Waals surface area contributed by atoms with Crippen molar-refractivity contribution in [1.29, 1.82) is 0 Å². The van der Waals surface area contributed by atoms with Crippen LogP contribution in [0.3, 0.4) is 0 Å². The van der Waals surface area contributed by atoms with E-state index in [2.05, 4.69) is 5.32 Å². The Morgan fingerprint density at radius 1 is 1.20 bits per heavy atom. The number of carboxylic acid groups (broad SMARTS) is 1. The summed E-state index contributed by atoms with van der Waals surface area (Å²) >= 11 is 0. The maximum Gasteiger partial charge on any atom is 0.321 e. The van der Waals surface area contributed by atoms with Crippen LogP contribution in [0.15, 0.2) is 0 Å². The summed E-state index contributed by atoms with van der Waals surface area (Å²) in [4.78, 5) is 33.5. The summed E-state index contributed by atoms with van der Waals surface area (Å²) in [7, 11) is -3.08. The Kier molecular flexibility index (Phi) is 6.63. The van der Waals surface area contributed by atoms with Gasteiger partial charge in [-0.3, -0.25) is 14.9 Å². The molecule has 9 heteroatoms. The largest absolute Gasteiger partial charge is 0.481 e. The molecule has 0 aliphatic rings. The highest BCUT2D eigenvalue weighted by atomic mass is 32.2. The Hall–Kier alpha value is -1.64. The molecule has 0 aromatic rings. The molecule has 0 aliphatic carbocycles. The molecule has 8 nitrogen and oxygen atoms in total. The number of aliphatic carboxylic acids is 1. The van der Waals surface area contributed by atoms with Gasteiger partial charge < -0.3 is 10.4 Å². The first kappa shape index (κ1) is 18.4. The second kappa shape index (κ2) is 7.22. The van der Waals surface area contributed by atoms with Gasteiger partial charge in [-0.25, -0.2) is 13.2 Å². The molecule has 3 N–H and O–H groups in total. The van der Waals surface area contributed by atoms with Gasteiger partial charge in [-0.1, -0.05) is 0 Å². The molecule has 0 rings (SSSR count). The fraction of sp³-hybridized carbons (Fsp3) is 0.727. The number of hydrogen-bond donors (Lipinski definition) is 3. The van der Waals surface area contributed by atoms with E-state index in [-0.39, 0.29) is 25.1 Å². The van der Waals surface area contributed by atoms with Crippen LogP contribution in [-0.4, -0.2) is 50.0 Å². The van der Waals surface area contributed by atoms with E-state index in [4.69, 9.17) is 5.11 Å². The summed E-state index contributed by atoms with van der Waals surface area (Å²) in [6.07, 6.45) is 0.991. The minimum Gasteiger partial charge on any atom is -0.481 e. The monoisotopic (exact) mass is 308 g/mol. The minimum absolute atomic E-state index is 0.0622. The van der Waals surface area contributed by atoms with E-state index in [0.717, 1.165) is 6.26 Å². The predicted molar refractivity (Wildman–Crippen MR) is 71.9 cm³/mol. The fourth-order valence-corrected chi connectivity index (χ4v) is 1.90. The Morgan fingerprint density at radius 2 is 1.75 bits per heavy atom. The van der Waals surface area contributed by atoms with E-state index in [1.165, 1.54) is 13.8 Å². The lowest BCUT2D eigenvalue weighted by Gasteiger charge is -2.17. The SMILES string of the molecule is CC(C)(CC(=O)NC(=O)NCCCS(C)(=O)=O)C(=O)O. The highest BCUT2D eigenvalue weighted by molar-refractivity contribution is 7.90. The van der Waals surface area contributed by atoms with Crippen molar-refractivity contribution in [3.05, 3.63) is 0 Å². The number of hydrogen-bond acceptors (Lipinski definition) is 5. The summed E-state index contributed by atoms with van der Waals surface area (Å²) in [5.41, 5.74) is -1.26. The van der Waals surface area contributed by atoms with Gasteiger partial charge in [-0.2, -0.15) is 0 Å². The fourth-order valence-electron chi connectivity index (χ4n) is 1.23. The molecular formula is C11H20N2O6S. The second-order valence-electron chi connectivity index (χ2n) is 5.15. The quantitative estimate of drug-likeness (QED) is 0.556. The molecule has 0 unspecified atom stereocenters. The average Bonchev–Trinajstić information content (AvgIpc) is 2.21. The van der Waals surface area contributed by atoms with E-state index in [9.17, 15) is 22.8 Å². The highest BCUT2D eigenvalue weighted by Gasteiger charge is 2.30. The van der Waals surface area contributed by atoms with Crippen molar-refractivity contribution in [1.82, 2.24) is 10.6 Å². The van der Waals surface area contributed by atoms with E-state index in [0.29, 0.717) is 0 Å². The van der Waals surface area contributed by atoms with Gasteiger partial charge in [0.15, 0.2) is 0 Å². The van der Waals surface area contributed by atoms with Crippen LogP contribution in [0.5, 0.6) is 0 Å². The maximum atomic E-state index is 11.4. The lowest BCUT2D eigenvalue weighted by molar-refractivity contribution is -0.149. The molecule has 0 spiro atoms. The zero-order valence-corrected chi connectivity index (χ0v) is 12.5. The van der Waals surface area contributed by atoms with Gasteiger partial charge in [-0.15, -0.1) is 0 Å². The first-order valence-electron chi connectivity index (χ1n) is 5.93. The van der Waals surface area contributed by atoms with Gasteiger partial charge in [0, 0.05) is 19.2 Å². The zero-order valence-electron chi connectivity index (χ0n) is 11.7. The Balaban J connectivity index is 4.04. The zero-order chi connectivity index (χ0) is 16.0. The van der Waals surface area contributed by atoms with Crippen molar-refractivity contribution in [3.8, 4) is 0 Å². The van der Waals surface area contributed by atoms with Gasteiger partial charge in [-0.05, 0) is 20.3 Å². The number of carboxylic acids is 1. The third-order valence-electron chi connectivity index (χ3n) is 2.41. The number of carbonyl (C=O) groups excluding carboxylic acids is 2. The normalized spacial score (nSPS) is 11.8. The molecule has 20 heavy (non-hydrogen) atoms. The summed E-state index contributed by atoms with van der Waals surface area (Å²) in [5.74, 6) is -1.91. The number of sulfone groups is 1.